The number of anilines is 1. The fourth-order valence-electron chi connectivity index (χ4n) is 5.31. The van der Waals surface area contributed by atoms with Crippen molar-refractivity contribution >= 4 is 22.4 Å². The summed E-state index contributed by atoms with van der Waals surface area (Å²) >= 11 is 0. The zero-order chi connectivity index (χ0) is 21.9. The van der Waals surface area contributed by atoms with E-state index in [0.29, 0.717) is 6.54 Å². The molecule has 2 aromatic carbocycles. The smallest absolute Gasteiger partial charge is 0.258 e. The first-order valence-corrected chi connectivity index (χ1v) is 12.1. The average Bonchev–Trinajstić information content (AvgIpc) is 3.56. The SMILES string of the molecule is NC(CCCCN1CCCC1)CCCN1C(=O)c2cccc3c(-c4ccn[nH]4)ccc1c23. The normalized spacial score (nSPS) is 17.0. The van der Waals surface area contributed by atoms with Crippen molar-refractivity contribution in [2.24, 2.45) is 5.73 Å². The molecule has 3 N–H and O–H groups in total. The number of hydrogen-bond donors (Lipinski definition) is 2. The highest BCUT2D eigenvalue weighted by atomic mass is 16.2. The van der Waals surface area contributed by atoms with E-state index in [0.717, 1.165) is 52.5 Å². The van der Waals surface area contributed by atoms with Crippen molar-refractivity contribution in [3.63, 3.8) is 0 Å². The summed E-state index contributed by atoms with van der Waals surface area (Å²) in [5, 5.41) is 9.27. The van der Waals surface area contributed by atoms with Gasteiger partial charge in [0.2, 0.25) is 0 Å². The van der Waals surface area contributed by atoms with Crippen LogP contribution in [0.3, 0.4) is 0 Å². The van der Waals surface area contributed by atoms with Crippen LogP contribution in [0, 0.1) is 0 Å². The van der Waals surface area contributed by atoms with Gasteiger partial charge in [0.05, 0.1) is 11.4 Å². The summed E-state index contributed by atoms with van der Waals surface area (Å²) in [6.07, 6.45) is 9.87. The van der Waals surface area contributed by atoms with Gasteiger partial charge in [-0.25, -0.2) is 0 Å². The first kappa shape index (κ1) is 21.2. The number of unbranched alkanes of at least 4 members (excludes halogenated alkanes) is 1. The number of nitrogens with one attached hydrogen (secondary N) is 1. The number of aromatic amines is 1. The fraction of sp³-hybridized carbons (Fsp3) is 0.462. The number of nitrogens with two attached hydrogens (primary N) is 1. The van der Waals surface area contributed by atoms with Gasteiger partial charge in [-0.3, -0.25) is 9.89 Å². The molecule has 0 bridgehead atoms. The van der Waals surface area contributed by atoms with Gasteiger partial charge < -0.3 is 15.5 Å². The Morgan fingerprint density at radius 3 is 2.62 bits per heavy atom. The molecule has 0 saturated carbocycles. The maximum atomic E-state index is 13.2. The van der Waals surface area contributed by atoms with Crippen LogP contribution in [0.5, 0.6) is 0 Å². The average molecular weight is 432 g/mol. The number of benzene rings is 2. The lowest BCUT2D eigenvalue weighted by Crippen LogP contribution is -2.29. The van der Waals surface area contributed by atoms with E-state index in [9.17, 15) is 4.79 Å². The predicted octanol–water partition coefficient (Wildman–Crippen LogP) is 4.56. The van der Waals surface area contributed by atoms with Crippen LogP contribution in [0.4, 0.5) is 5.69 Å². The van der Waals surface area contributed by atoms with Crippen molar-refractivity contribution in [3.05, 3.63) is 48.2 Å². The molecule has 1 aromatic heterocycles. The minimum Gasteiger partial charge on any atom is -0.328 e. The zero-order valence-corrected chi connectivity index (χ0v) is 18.7. The van der Waals surface area contributed by atoms with E-state index >= 15 is 0 Å². The van der Waals surface area contributed by atoms with Gasteiger partial charge in [0.15, 0.2) is 0 Å². The molecule has 3 heterocycles. The molecule has 168 valence electrons. The van der Waals surface area contributed by atoms with E-state index in [1.54, 1.807) is 6.20 Å². The van der Waals surface area contributed by atoms with Crippen LogP contribution in [0.1, 0.15) is 55.3 Å². The molecule has 2 aliphatic heterocycles. The molecular formula is C26H33N5O. The number of likely N-dealkylation sites (tertiary alicyclic amines) is 1. The van der Waals surface area contributed by atoms with Gasteiger partial charge in [-0.05, 0) is 81.7 Å². The molecule has 5 rings (SSSR count). The van der Waals surface area contributed by atoms with Crippen LogP contribution in [0.25, 0.3) is 22.0 Å². The lowest BCUT2D eigenvalue weighted by molar-refractivity contribution is 0.0992. The Balaban J connectivity index is 1.18. The molecule has 6 nitrogen and oxygen atoms in total. The molecule has 1 amide bonds. The molecule has 0 radical (unpaired) electrons. The quantitative estimate of drug-likeness (QED) is 0.461. The Bertz CT molecular complexity index is 1070. The second-order valence-corrected chi connectivity index (χ2v) is 9.23. The number of rotatable bonds is 10. The van der Waals surface area contributed by atoms with Crippen LogP contribution in [0.15, 0.2) is 42.6 Å². The number of aromatic nitrogens is 2. The van der Waals surface area contributed by atoms with Crippen LogP contribution in [-0.2, 0) is 0 Å². The summed E-state index contributed by atoms with van der Waals surface area (Å²) in [6, 6.07) is 12.4. The minimum absolute atomic E-state index is 0.103. The van der Waals surface area contributed by atoms with E-state index in [-0.39, 0.29) is 11.9 Å². The lowest BCUT2D eigenvalue weighted by Gasteiger charge is -2.20. The van der Waals surface area contributed by atoms with Crippen molar-refractivity contribution < 1.29 is 4.79 Å². The van der Waals surface area contributed by atoms with Crippen molar-refractivity contribution in [1.82, 2.24) is 15.1 Å². The second-order valence-electron chi connectivity index (χ2n) is 9.23. The summed E-state index contributed by atoms with van der Waals surface area (Å²) in [4.78, 5) is 17.7. The van der Waals surface area contributed by atoms with Crippen LogP contribution >= 0.6 is 0 Å². The highest BCUT2D eigenvalue weighted by Crippen LogP contribution is 2.41. The molecule has 6 heteroatoms. The maximum absolute atomic E-state index is 13.2. The third-order valence-corrected chi connectivity index (χ3v) is 7.03. The zero-order valence-electron chi connectivity index (χ0n) is 18.7. The maximum Gasteiger partial charge on any atom is 0.258 e. The number of carbonyl (C=O) groups is 1. The standard InChI is InChI=1S/C26H33N5O/c27-19(7-1-2-15-30-16-3-4-17-30)8-6-18-31-24-12-11-20(23-13-14-28-29-23)21-9-5-10-22(25(21)24)26(31)32/h5,9-14,19H,1-4,6-8,15-18,27H2,(H,28,29). The minimum atomic E-state index is 0.103. The summed E-state index contributed by atoms with van der Waals surface area (Å²) in [5.74, 6) is 0.103. The van der Waals surface area contributed by atoms with E-state index < -0.39 is 0 Å². The van der Waals surface area contributed by atoms with Gasteiger partial charge in [-0.2, -0.15) is 5.10 Å². The van der Waals surface area contributed by atoms with Crippen LogP contribution in [-0.4, -0.2) is 53.2 Å². The molecule has 32 heavy (non-hydrogen) atoms. The number of amides is 1. The van der Waals surface area contributed by atoms with Crippen molar-refractivity contribution in [1.29, 1.82) is 0 Å². The van der Waals surface area contributed by atoms with Crippen LogP contribution in [0.2, 0.25) is 0 Å². The molecular weight excluding hydrogens is 398 g/mol. The third-order valence-electron chi connectivity index (χ3n) is 7.03. The molecule has 1 atom stereocenters. The van der Waals surface area contributed by atoms with Crippen molar-refractivity contribution in [3.8, 4) is 11.3 Å². The topological polar surface area (TPSA) is 78.2 Å². The lowest BCUT2D eigenvalue weighted by atomic mass is 9.99. The number of carbonyl (C=O) groups excluding carboxylic acids is 1. The summed E-state index contributed by atoms with van der Waals surface area (Å²) in [5.41, 5.74) is 10.3. The molecule has 1 fully saturated rings. The third kappa shape index (κ3) is 4.17. The number of nitrogens with zero attached hydrogens (tertiary/aromatic N) is 3. The monoisotopic (exact) mass is 431 g/mol. The van der Waals surface area contributed by atoms with Crippen LogP contribution < -0.4 is 10.6 Å². The van der Waals surface area contributed by atoms with E-state index in [1.165, 1.54) is 45.3 Å². The first-order valence-electron chi connectivity index (χ1n) is 12.1. The summed E-state index contributed by atoms with van der Waals surface area (Å²) in [7, 11) is 0. The Kier molecular flexibility index (Phi) is 6.23. The van der Waals surface area contributed by atoms with Gasteiger partial charge in [-0.15, -0.1) is 0 Å². The van der Waals surface area contributed by atoms with Crippen molar-refractivity contribution in [2.75, 3.05) is 31.1 Å². The fourth-order valence-corrected chi connectivity index (χ4v) is 5.31. The van der Waals surface area contributed by atoms with Gasteiger partial charge in [0, 0.05) is 35.3 Å². The summed E-state index contributed by atoms with van der Waals surface area (Å²) < 4.78 is 0. The molecule has 0 aliphatic carbocycles. The van der Waals surface area contributed by atoms with E-state index in [1.807, 2.05) is 23.1 Å². The molecule has 1 saturated heterocycles. The van der Waals surface area contributed by atoms with Gasteiger partial charge >= 0.3 is 0 Å². The highest BCUT2D eigenvalue weighted by molar-refractivity contribution is 6.26. The summed E-state index contributed by atoms with van der Waals surface area (Å²) in [6.45, 7) is 4.48. The van der Waals surface area contributed by atoms with Gasteiger partial charge in [0.25, 0.3) is 5.91 Å². The van der Waals surface area contributed by atoms with E-state index in [4.69, 9.17) is 5.73 Å². The largest absolute Gasteiger partial charge is 0.328 e. The molecule has 3 aromatic rings. The highest BCUT2D eigenvalue weighted by Gasteiger charge is 2.30. The van der Waals surface area contributed by atoms with Gasteiger partial charge in [-0.1, -0.05) is 24.6 Å². The van der Waals surface area contributed by atoms with Crippen molar-refractivity contribution in [2.45, 2.75) is 51.0 Å². The Morgan fingerprint density at radius 1 is 0.969 bits per heavy atom. The molecule has 2 aliphatic rings. The Labute approximate surface area is 189 Å². The number of hydrogen-bond acceptors (Lipinski definition) is 4. The first-order chi connectivity index (χ1) is 15.7. The molecule has 0 spiro atoms. The van der Waals surface area contributed by atoms with Gasteiger partial charge in [0.1, 0.15) is 0 Å². The Morgan fingerprint density at radius 2 is 1.81 bits per heavy atom. The molecule has 1 unspecified atom stereocenters. The predicted molar refractivity (Wildman–Crippen MR) is 130 cm³/mol. The Hall–Kier alpha value is -2.70. The second kappa shape index (κ2) is 9.43. The van der Waals surface area contributed by atoms with E-state index in [2.05, 4.69) is 33.3 Å². The number of H-pyrrole nitrogens is 1.